The van der Waals surface area contributed by atoms with Crippen LogP contribution >= 0.6 is 0 Å². The van der Waals surface area contributed by atoms with Crippen LogP contribution < -0.4 is 16.8 Å². The molecule has 4 unspecified atom stereocenters. The van der Waals surface area contributed by atoms with E-state index in [1.54, 1.807) is 5.57 Å². The molecule has 0 aromatic carbocycles. The molecule has 0 aromatic heterocycles. The number of allylic oxidation sites excluding steroid dienone is 1. The van der Waals surface area contributed by atoms with Crippen LogP contribution in [0, 0.1) is 52.3 Å². The third-order valence-corrected chi connectivity index (χ3v) is 15.1. The van der Waals surface area contributed by atoms with Crippen molar-refractivity contribution in [2.24, 2.45) is 63.7 Å². The first-order valence-electron chi connectivity index (χ1n) is 22.1. The fourth-order valence-electron chi connectivity index (χ4n) is 11.7. The van der Waals surface area contributed by atoms with Crippen LogP contribution in [0.3, 0.4) is 0 Å². The Morgan fingerprint density at radius 3 is 2.33 bits per heavy atom. The third-order valence-electron chi connectivity index (χ3n) is 15.1. The molecule has 52 heavy (non-hydrogen) atoms. The molecule has 3 saturated carbocycles. The van der Waals surface area contributed by atoms with E-state index in [1.165, 1.54) is 51.4 Å². The largest absolute Gasteiger partial charge is 0.462 e. The van der Waals surface area contributed by atoms with Crippen LogP contribution in [-0.2, 0) is 14.3 Å². The van der Waals surface area contributed by atoms with Crippen LogP contribution in [-0.4, -0.2) is 61.1 Å². The molecule has 0 spiro atoms. The van der Waals surface area contributed by atoms with Gasteiger partial charge in [0, 0.05) is 38.0 Å². The fraction of sp³-hybridized carbons (Fsp3) is 0.911. The zero-order chi connectivity index (χ0) is 38.1. The highest BCUT2D eigenvalue weighted by atomic mass is 16.5. The van der Waals surface area contributed by atoms with Crippen molar-refractivity contribution in [1.82, 2.24) is 10.2 Å². The molecule has 5 N–H and O–H groups in total. The lowest BCUT2D eigenvalue weighted by molar-refractivity contribution is -0.153. The van der Waals surface area contributed by atoms with Gasteiger partial charge in [0.05, 0.1) is 6.42 Å². The van der Waals surface area contributed by atoms with Gasteiger partial charge in [-0.1, -0.05) is 66.0 Å². The van der Waals surface area contributed by atoms with Crippen LogP contribution in [0.2, 0.25) is 0 Å². The molecule has 0 radical (unpaired) electrons. The Hall–Kier alpha value is -1.44. The standard InChI is InChI=1S/C45H82N4O3/c1-9-35(31(2)3)13-12-32(4)39-16-17-40-38-15-14-36-30-37(20-24-44(36,7)41(38)21-25-45(39,40)8)52-43(51)19-18-42(50)49(29-23-34(6)47)28-11-10-26-48-27-22-33(5)46/h14,31-35,37-41,48H,9-13,15-30,46-47H2,1-8H3/t32?,33?,34?,35?,37-,38-,39+,40-,41-,44-,45+/m0/s1. The Bertz CT molecular complexity index is 1150. The van der Waals surface area contributed by atoms with Crippen molar-refractivity contribution < 1.29 is 14.3 Å². The van der Waals surface area contributed by atoms with Crippen molar-refractivity contribution in [1.29, 1.82) is 0 Å². The number of amides is 1. The molecule has 4 aliphatic rings. The Morgan fingerprint density at radius 2 is 1.63 bits per heavy atom. The molecule has 1 amide bonds. The monoisotopic (exact) mass is 727 g/mol. The summed E-state index contributed by atoms with van der Waals surface area (Å²) in [7, 11) is 0. The van der Waals surface area contributed by atoms with E-state index in [0.29, 0.717) is 18.5 Å². The topological polar surface area (TPSA) is 111 Å². The lowest BCUT2D eigenvalue weighted by atomic mass is 9.47. The molecule has 300 valence electrons. The number of ether oxygens (including phenoxy) is 1. The number of carbonyl (C=O) groups excluding carboxylic acids is 2. The molecular weight excluding hydrogens is 645 g/mol. The summed E-state index contributed by atoms with van der Waals surface area (Å²) in [6.07, 6.45) is 20.3. The van der Waals surface area contributed by atoms with E-state index in [2.05, 4.69) is 52.9 Å². The van der Waals surface area contributed by atoms with Crippen LogP contribution in [0.25, 0.3) is 0 Å². The van der Waals surface area contributed by atoms with Crippen molar-refractivity contribution in [3.63, 3.8) is 0 Å². The summed E-state index contributed by atoms with van der Waals surface area (Å²) in [4.78, 5) is 28.3. The van der Waals surface area contributed by atoms with Crippen molar-refractivity contribution in [2.45, 2.75) is 183 Å². The van der Waals surface area contributed by atoms with Crippen LogP contribution in [0.5, 0.6) is 0 Å². The summed E-state index contributed by atoms with van der Waals surface area (Å²) >= 11 is 0. The van der Waals surface area contributed by atoms with E-state index in [1.807, 2.05) is 18.7 Å². The van der Waals surface area contributed by atoms with Gasteiger partial charge in [0.25, 0.3) is 0 Å². The van der Waals surface area contributed by atoms with Gasteiger partial charge >= 0.3 is 5.97 Å². The Kier molecular flexibility index (Phi) is 16.6. The number of nitrogens with zero attached hydrogens (tertiary/aromatic N) is 1. The minimum absolute atomic E-state index is 0.0355. The van der Waals surface area contributed by atoms with E-state index in [0.717, 1.165) is 99.5 Å². The number of fused-ring (bicyclic) bond motifs is 5. The number of esters is 1. The summed E-state index contributed by atoms with van der Waals surface area (Å²) in [5, 5.41) is 3.44. The average Bonchev–Trinajstić information content (AvgIpc) is 3.45. The lowest BCUT2D eigenvalue weighted by Crippen LogP contribution is -2.51. The second kappa shape index (κ2) is 19.9. The maximum absolute atomic E-state index is 13.3. The van der Waals surface area contributed by atoms with E-state index >= 15 is 0 Å². The lowest BCUT2D eigenvalue weighted by Gasteiger charge is -2.58. The molecule has 3 fully saturated rings. The maximum atomic E-state index is 13.3. The summed E-state index contributed by atoms with van der Waals surface area (Å²) < 4.78 is 6.10. The van der Waals surface area contributed by atoms with Gasteiger partial charge in [-0.25, -0.2) is 0 Å². The quantitative estimate of drug-likeness (QED) is 0.0619. The van der Waals surface area contributed by atoms with Gasteiger partial charge in [0.15, 0.2) is 0 Å². The van der Waals surface area contributed by atoms with E-state index in [-0.39, 0.29) is 48.3 Å². The van der Waals surface area contributed by atoms with Crippen LogP contribution in [0.4, 0.5) is 0 Å². The first-order valence-corrected chi connectivity index (χ1v) is 22.1. The molecule has 7 nitrogen and oxygen atoms in total. The Labute approximate surface area is 320 Å². The Balaban J connectivity index is 1.26. The van der Waals surface area contributed by atoms with Crippen molar-refractivity contribution in [2.75, 3.05) is 26.2 Å². The summed E-state index contributed by atoms with van der Waals surface area (Å²) in [6.45, 7) is 22.2. The molecule has 4 rings (SSSR count). The van der Waals surface area contributed by atoms with E-state index < -0.39 is 0 Å². The second-order valence-electron chi connectivity index (χ2n) is 19.2. The predicted octanol–water partition coefficient (Wildman–Crippen LogP) is 9.03. The first-order chi connectivity index (χ1) is 24.7. The smallest absolute Gasteiger partial charge is 0.306 e. The highest BCUT2D eigenvalue weighted by Crippen LogP contribution is 2.67. The fourth-order valence-corrected chi connectivity index (χ4v) is 11.7. The van der Waals surface area contributed by atoms with Gasteiger partial charge in [-0.15, -0.1) is 0 Å². The van der Waals surface area contributed by atoms with Crippen LogP contribution in [0.15, 0.2) is 11.6 Å². The van der Waals surface area contributed by atoms with Gasteiger partial charge in [0.1, 0.15) is 6.10 Å². The van der Waals surface area contributed by atoms with Gasteiger partial charge in [-0.2, -0.15) is 0 Å². The number of hydrogen-bond donors (Lipinski definition) is 3. The second-order valence-corrected chi connectivity index (χ2v) is 19.2. The number of unbranched alkanes of at least 4 members (excludes halogenated alkanes) is 1. The SMILES string of the molecule is CCC(CCC(C)[C@H]1CC[C@H]2[C@@H]3CC=C4C[C@@H](OC(=O)CCC(=O)N(CCCCNCCC(C)N)CCC(C)N)CC[C@]4(C)[C@H]3CC[C@]12C)C(C)C. The third kappa shape index (κ3) is 11.1. The highest BCUT2D eigenvalue weighted by molar-refractivity contribution is 5.81. The number of nitrogens with two attached hydrogens (primary N) is 2. The maximum Gasteiger partial charge on any atom is 0.306 e. The minimum atomic E-state index is -0.222. The zero-order valence-electron chi connectivity index (χ0n) is 35.0. The highest BCUT2D eigenvalue weighted by Gasteiger charge is 2.59. The molecule has 11 atom stereocenters. The van der Waals surface area contributed by atoms with Gasteiger partial charge in [-0.3, -0.25) is 9.59 Å². The molecule has 4 aliphatic carbocycles. The van der Waals surface area contributed by atoms with E-state index in [9.17, 15) is 9.59 Å². The molecule has 0 heterocycles. The summed E-state index contributed by atoms with van der Waals surface area (Å²) in [5.41, 5.74) is 14.1. The summed E-state index contributed by atoms with van der Waals surface area (Å²) in [5.74, 6) is 5.58. The van der Waals surface area contributed by atoms with Crippen molar-refractivity contribution in [3.8, 4) is 0 Å². The molecule has 0 saturated heterocycles. The minimum Gasteiger partial charge on any atom is -0.462 e. The van der Waals surface area contributed by atoms with Gasteiger partial charge in [-0.05, 0) is 156 Å². The van der Waals surface area contributed by atoms with Crippen molar-refractivity contribution in [3.05, 3.63) is 11.6 Å². The normalized spacial score (nSPS) is 32.2. The number of hydrogen-bond acceptors (Lipinski definition) is 6. The number of carbonyl (C=O) groups is 2. The van der Waals surface area contributed by atoms with Crippen LogP contribution in [0.1, 0.15) is 165 Å². The predicted molar refractivity (Wildman–Crippen MR) is 217 cm³/mol. The van der Waals surface area contributed by atoms with Gasteiger partial charge < -0.3 is 26.4 Å². The first kappa shape index (κ1) is 43.3. The van der Waals surface area contributed by atoms with Gasteiger partial charge in [0.2, 0.25) is 5.91 Å². The number of rotatable bonds is 21. The molecular formula is C45H82N4O3. The molecule has 0 bridgehead atoms. The van der Waals surface area contributed by atoms with E-state index in [4.69, 9.17) is 16.2 Å². The average molecular weight is 727 g/mol. The molecule has 7 heteroatoms. The molecule has 0 aromatic rings. The van der Waals surface area contributed by atoms with Crippen molar-refractivity contribution >= 4 is 11.9 Å². The zero-order valence-corrected chi connectivity index (χ0v) is 35.0. The number of nitrogens with one attached hydrogen (secondary N) is 1. The summed E-state index contributed by atoms with van der Waals surface area (Å²) in [6, 6.07) is 0.249. The molecule has 0 aliphatic heterocycles. The Morgan fingerprint density at radius 1 is 0.885 bits per heavy atom.